The Morgan fingerprint density at radius 2 is 1.29 bits per heavy atom. The fraction of sp³-hybridized carbons (Fsp3) is 0.0513. The Morgan fingerprint density at radius 1 is 0.578 bits per heavy atom. The summed E-state index contributed by atoms with van der Waals surface area (Å²) in [6.07, 6.45) is 3.60. The molecular weight excluding hydrogens is 554 g/mol. The van der Waals surface area contributed by atoms with Crippen LogP contribution in [0.2, 0.25) is 0 Å². The van der Waals surface area contributed by atoms with Crippen molar-refractivity contribution >= 4 is 49.1 Å². The van der Waals surface area contributed by atoms with Crippen LogP contribution in [-0.2, 0) is 0 Å². The topological polar surface area (TPSA) is 57.2 Å². The average molecular weight is 582 g/mol. The number of pyridine rings is 2. The summed E-state index contributed by atoms with van der Waals surface area (Å²) in [6.45, 7) is 4.35. The van der Waals surface area contributed by atoms with E-state index in [-0.39, 0.29) is 0 Å². The predicted molar refractivity (Wildman–Crippen MR) is 182 cm³/mol. The number of rotatable bonds is 4. The van der Waals surface area contributed by atoms with Crippen LogP contribution in [0.5, 0.6) is 11.5 Å². The van der Waals surface area contributed by atoms with Crippen molar-refractivity contribution in [1.29, 1.82) is 0 Å². The van der Waals surface area contributed by atoms with E-state index in [0.29, 0.717) is 0 Å². The molecule has 5 aromatic carbocycles. The minimum atomic E-state index is 0.736. The maximum absolute atomic E-state index is 6.55. The quantitative estimate of drug-likeness (QED) is 0.194. The lowest BCUT2D eigenvalue weighted by Gasteiger charge is -2.12. The molecule has 4 heterocycles. The minimum Gasteiger partial charge on any atom is -0.457 e. The van der Waals surface area contributed by atoms with Crippen LogP contribution in [0.1, 0.15) is 11.1 Å². The third kappa shape index (κ3) is 3.92. The number of para-hydroxylation sites is 1. The summed E-state index contributed by atoms with van der Waals surface area (Å²) in [6, 6.07) is 40.1. The van der Waals surface area contributed by atoms with Crippen molar-refractivity contribution in [2.45, 2.75) is 13.8 Å². The Bertz CT molecular complexity index is 2580. The first kappa shape index (κ1) is 25.5. The first-order valence-electron chi connectivity index (χ1n) is 15.0. The number of benzene rings is 5. The van der Waals surface area contributed by atoms with Crippen molar-refractivity contribution in [2.24, 2.45) is 0 Å². The van der Waals surface area contributed by atoms with Crippen LogP contribution in [-0.4, -0.2) is 24.1 Å². The molecule has 0 aliphatic rings. The molecule has 0 atom stereocenters. The fourth-order valence-corrected chi connectivity index (χ4v) is 6.87. The zero-order valence-electron chi connectivity index (χ0n) is 24.8. The number of aromatic nitrogens is 5. The molecule has 0 N–H and O–H groups in total. The van der Waals surface area contributed by atoms with E-state index < -0.39 is 0 Å². The van der Waals surface area contributed by atoms with Crippen molar-refractivity contribution < 1.29 is 4.74 Å². The summed E-state index contributed by atoms with van der Waals surface area (Å²) in [4.78, 5) is 4.76. The fourth-order valence-electron chi connectivity index (χ4n) is 6.87. The molecule has 9 rings (SSSR count). The second-order valence-corrected chi connectivity index (χ2v) is 11.6. The highest BCUT2D eigenvalue weighted by atomic mass is 16.5. The standard InChI is InChI=1S/C39H27N5O/c1-24-8-7-9-25(2)38(24)26-13-16-31-32-18-15-28(22-36(32)44(35(31)20-26)37-12-5-6-19-40-37)45-27-14-17-29-30-10-3-4-11-34(30)43-23-41-42-39(43)33(29)21-27/h3-23H,1-2H3. The molecule has 0 aliphatic carbocycles. The number of nitrogens with zero attached hydrogens (tertiary/aromatic N) is 5. The average Bonchev–Trinajstić information content (AvgIpc) is 3.69. The molecule has 0 aliphatic heterocycles. The summed E-state index contributed by atoms with van der Waals surface area (Å²) in [5, 5.41) is 14.2. The smallest absolute Gasteiger partial charge is 0.169 e. The number of ether oxygens (including phenoxy) is 1. The molecule has 0 saturated heterocycles. The number of hydrogen-bond donors (Lipinski definition) is 0. The Balaban J connectivity index is 1.22. The van der Waals surface area contributed by atoms with Gasteiger partial charge in [0.2, 0.25) is 0 Å². The third-order valence-corrected chi connectivity index (χ3v) is 8.86. The number of hydrogen-bond acceptors (Lipinski definition) is 4. The summed E-state index contributed by atoms with van der Waals surface area (Å²) >= 11 is 0. The Morgan fingerprint density at radius 3 is 2.11 bits per heavy atom. The maximum Gasteiger partial charge on any atom is 0.169 e. The number of aryl methyl sites for hydroxylation is 2. The van der Waals surface area contributed by atoms with Crippen molar-refractivity contribution in [2.75, 3.05) is 0 Å². The molecule has 9 aromatic rings. The summed E-state index contributed by atoms with van der Waals surface area (Å²) in [5.74, 6) is 2.34. The van der Waals surface area contributed by atoms with E-state index in [9.17, 15) is 0 Å². The Hall–Kier alpha value is -6.01. The highest BCUT2D eigenvalue weighted by Gasteiger charge is 2.17. The highest BCUT2D eigenvalue weighted by molar-refractivity contribution is 6.12. The molecule has 214 valence electrons. The largest absolute Gasteiger partial charge is 0.457 e. The van der Waals surface area contributed by atoms with Gasteiger partial charge in [0, 0.05) is 33.8 Å². The molecule has 6 nitrogen and oxygen atoms in total. The van der Waals surface area contributed by atoms with E-state index in [4.69, 9.17) is 9.72 Å². The highest BCUT2D eigenvalue weighted by Crippen LogP contribution is 2.39. The van der Waals surface area contributed by atoms with Gasteiger partial charge in [-0.1, -0.05) is 54.6 Å². The molecule has 0 bridgehead atoms. The number of fused-ring (bicyclic) bond motifs is 9. The van der Waals surface area contributed by atoms with Gasteiger partial charge in [0.15, 0.2) is 5.65 Å². The molecule has 0 saturated carbocycles. The Labute approximate surface area is 258 Å². The zero-order valence-corrected chi connectivity index (χ0v) is 24.8. The lowest BCUT2D eigenvalue weighted by molar-refractivity contribution is 0.484. The molecular formula is C39H27N5O. The van der Waals surface area contributed by atoms with Crippen molar-refractivity contribution in [3.63, 3.8) is 0 Å². The second kappa shape index (κ2) is 9.76. The van der Waals surface area contributed by atoms with E-state index in [1.807, 2.05) is 40.9 Å². The molecule has 45 heavy (non-hydrogen) atoms. The monoisotopic (exact) mass is 581 g/mol. The van der Waals surface area contributed by atoms with E-state index in [1.54, 1.807) is 6.33 Å². The maximum atomic E-state index is 6.55. The van der Waals surface area contributed by atoms with Crippen molar-refractivity contribution in [1.82, 2.24) is 24.1 Å². The van der Waals surface area contributed by atoms with Crippen LogP contribution in [0.25, 0.3) is 66.1 Å². The van der Waals surface area contributed by atoms with Crippen LogP contribution >= 0.6 is 0 Å². The van der Waals surface area contributed by atoms with Crippen LogP contribution in [0.15, 0.2) is 128 Å². The molecule has 0 spiro atoms. The van der Waals surface area contributed by atoms with Crippen LogP contribution in [0.4, 0.5) is 0 Å². The van der Waals surface area contributed by atoms with Crippen molar-refractivity contribution in [3.05, 3.63) is 139 Å². The van der Waals surface area contributed by atoms with Gasteiger partial charge in [-0.15, -0.1) is 10.2 Å². The van der Waals surface area contributed by atoms with Gasteiger partial charge in [-0.2, -0.15) is 0 Å². The lowest BCUT2D eigenvalue weighted by atomic mass is 9.95. The van der Waals surface area contributed by atoms with E-state index >= 15 is 0 Å². The van der Waals surface area contributed by atoms with Crippen LogP contribution < -0.4 is 4.74 Å². The third-order valence-electron chi connectivity index (χ3n) is 8.86. The van der Waals surface area contributed by atoms with Crippen LogP contribution in [0, 0.1) is 13.8 Å². The van der Waals surface area contributed by atoms with Crippen LogP contribution in [0.3, 0.4) is 0 Å². The predicted octanol–water partition coefficient (Wildman–Crippen LogP) is 9.60. The van der Waals surface area contributed by atoms with E-state index in [1.165, 1.54) is 27.6 Å². The lowest BCUT2D eigenvalue weighted by Crippen LogP contribution is -1.97. The summed E-state index contributed by atoms with van der Waals surface area (Å²) in [7, 11) is 0. The molecule has 0 fully saturated rings. The van der Waals surface area contributed by atoms with Gasteiger partial charge in [-0.25, -0.2) is 4.98 Å². The SMILES string of the molecule is Cc1cccc(C)c1-c1ccc2c3ccc(Oc4ccc5c6ccccc6n6cnnc6c5c4)cc3n(-c3ccccn3)c2c1. The minimum absolute atomic E-state index is 0.736. The molecule has 4 aromatic heterocycles. The summed E-state index contributed by atoms with van der Waals surface area (Å²) in [5.41, 5.74) is 9.01. The molecule has 0 radical (unpaired) electrons. The first-order chi connectivity index (χ1) is 22.1. The van der Waals surface area contributed by atoms with E-state index in [2.05, 4.69) is 114 Å². The molecule has 0 amide bonds. The van der Waals surface area contributed by atoms with E-state index in [0.717, 1.165) is 61.1 Å². The Kier molecular flexibility index (Phi) is 5.53. The van der Waals surface area contributed by atoms with Gasteiger partial charge in [0.25, 0.3) is 0 Å². The van der Waals surface area contributed by atoms with Crippen molar-refractivity contribution in [3.8, 4) is 28.4 Å². The van der Waals surface area contributed by atoms with Gasteiger partial charge in [0.05, 0.1) is 16.6 Å². The second-order valence-electron chi connectivity index (χ2n) is 11.6. The zero-order chi connectivity index (χ0) is 30.1. The molecule has 0 unspecified atom stereocenters. The van der Waals surface area contributed by atoms with Gasteiger partial charge >= 0.3 is 0 Å². The van der Waals surface area contributed by atoms with Gasteiger partial charge in [-0.3, -0.25) is 8.97 Å². The molecule has 6 heteroatoms. The first-order valence-corrected chi connectivity index (χ1v) is 15.0. The summed E-state index contributed by atoms with van der Waals surface area (Å²) < 4.78 is 10.8. The normalized spacial score (nSPS) is 11.8. The van der Waals surface area contributed by atoms with Gasteiger partial charge < -0.3 is 4.74 Å². The van der Waals surface area contributed by atoms with Gasteiger partial charge in [-0.05, 0) is 96.1 Å². The van der Waals surface area contributed by atoms with Gasteiger partial charge in [0.1, 0.15) is 23.6 Å².